The van der Waals surface area contributed by atoms with E-state index in [0.29, 0.717) is 34.1 Å². The summed E-state index contributed by atoms with van der Waals surface area (Å²) in [7, 11) is -2.62. The summed E-state index contributed by atoms with van der Waals surface area (Å²) in [4.78, 5) is 38.3. The molecule has 0 aliphatic carbocycles. The number of aromatic amines is 1. The number of sulfonamides is 1. The number of methoxy groups -OCH3 is 1. The number of fused-ring (bicyclic) bond motifs is 2. The first kappa shape index (κ1) is 25.3. The molecule has 0 saturated carbocycles. The van der Waals surface area contributed by atoms with E-state index in [4.69, 9.17) is 5.73 Å². The highest BCUT2D eigenvalue weighted by Gasteiger charge is 2.33. The van der Waals surface area contributed by atoms with Crippen molar-refractivity contribution in [1.29, 1.82) is 0 Å². The molecule has 2 aliphatic heterocycles. The van der Waals surface area contributed by atoms with Crippen LogP contribution in [0.15, 0.2) is 34.3 Å². The zero-order valence-electron chi connectivity index (χ0n) is 20.4. The summed E-state index contributed by atoms with van der Waals surface area (Å²) < 4.78 is 32.5. The molecular formula is C23H27N7O5S2. The Morgan fingerprint density at radius 1 is 1.22 bits per heavy atom. The third-order valence-electron chi connectivity index (χ3n) is 6.50. The van der Waals surface area contributed by atoms with E-state index in [2.05, 4.69) is 31.9 Å². The normalized spacial score (nSPS) is 19.1. The second-order valence-corrected chi connectivity index (χ2v) is 12.0. The number of amidine groups is 1. The van der Waals surface area contributed by atoms with Gasteiger partial charge in [-0.15, -0.1) is 11.3 Å². The van der Waals surface area contributed by atoms with Crippen LogP contribution >= 0.6 is 11.3 Å². The predicted molar refractivity (Wildman–Crippen MR) is 138 cm³/mol. The van der Waals surface area contributed by atoms with Gasteiger partial charge in [0.1, 0.15) is 10.9 Å². The van der Waals surface area contributed by atoms with Gasteiger partial charge in [-0.1, -0.05) is 12.1 Å². The number of aliphatic imine (C=N–C) groups is 1. The van der Waals surface area contributed by atoms with E-state index in [1.807, 2.05) is 0 Å². The van der Waals surface area contributed by atoms with Crippen molar-refractivity contribution in [3.05, 3.63) is 45.4 Å². The van der Waals surface area contributed by atoms with Gasteiger partial charge in [-0.3, -0.25) is 4.79 Å². The van der Waals surface area contributed by atoms with Crippen LogP contribution in [0.3, 0.4) is 0 Å². The van der Waals surface area contributed by atoms with Gasteiger partial charge >= 0.3 is 6.09 Å². The van der Waals surface area contributed by atoms with Gasteiger partial charge in [0.2, 0.25) is 0 Å². The maximum absolute atomic E-state index is 13.3. The van der Waals surface area contributed by atoms with E-state index in [1.54, 1.807) is 29.2 Å². The molecule has 14 heteroatoms. The second-order valence-electron chi connectivity index (χ2n) is 8.97. The van der Waals surface area contributed by atoms with Gasteiger partial charge in [0, 0.05) is 66.5 Å². The maximum Gasteiger partial charge on any atom is 0.435 e. The number of benzene rings is 1. The summed E-state index contributed by atoms with van der Waals surface area (Å²) in [6.07, 6.45) is -0.0343. The number of carbonyl (C=O) groups is 2. The number of carbonyl (C=O) groups excluding carboxylic acids is 2. The Morgan fingerprint density at radius 3 is 2.70 bits per heavy atom. The quantitative estimate of drug-likeness (QED) is 0.326. The van der Waals surface area contributed by atoms with Gasteiger partial charge in [0.05, 0.1) is 12.8 Å². The first-order valence-corrected chi connectivity index (χ1v) is 14.0. The molecule has 1 atom stereocenters. The minimum atomic E-state index is -3.82. The summed E-state index contributed by atoms with van der Waals surface area (Å²) in [6.45, 7) is 3.71. The van der Waals surface area contributed by atoms with Crippen LogP contribution < -0.4 is 11.1 Å². The lowest BCUT2D eigenvalue weighted by molar-refractivity contribution is 0.0697. The number of nitrogens with zero attached hydrogens (tertiary/aromatic N) is 4. The SMILES string of the molecule is COC(=O)/N=C(/N)c1ccc2cc(S(=O)(=O)N3CCN(C(=O)c4nc5c(s4)CNC(C)C5)CC3)[nH]c2c1. The Bertz CT molecular complexity index is 1500. The van der Waals surface area contributed by atoms with Gasteiger partial charge in [-0.25, -0.2) is 18.2 Å². The summed E-state index contributed by atoms with van der Waals surface area (Å²) in [5.41, 5.74) is 7.81. The van der Waals surface area contributed by atoms with E-state index in [9.17, 15) is 18.0 Å². The van der Waals surface area contributed by atoms with Gasteiger partial charge in [-0.05, 0) is 19.1 Å². The number of H-pyrrole nitrogens is 1. The first-order chi connectivity index (χ1) is 17.7. The number of nitrogens with one attached hydrogen (secondary N) is 2. The largest absolute Gasteiger partial charge is 0.451 e. The van der Waals surface area contributed by atoms with Crippen LogP contribution in [0, 0.1) is 0 Å². The Labute approximate surface area is 217 Å². The molecule has 4 N–H and O–H groups in total. The molecule has 2 aromatic heterocycles. The molecule has 0 radical (unpaired) electrons. The summed E-state index contributed by atoms with van der Waals surface area (Å²) in [6, 6.07) is 6.84. The predicted octanol–water partition coefficient (Wildman–Crippen LogP) is 1.28. The standard InChI is InChI=1S/C23H27N7O5S2/c1-13-9-17-18(12-25-13)36-21(27-17)22(31)29-5-7-30(8-6-29)37(33,34)19-11-14-3-4-15(10-16(14)26-19)20(24)28-23(32)35-2/h3-4,10-11,13,25-26H,5-9,12H2,1-2H3,(H2,24,28,32). The van der Waals surface area contributed by atoms with E-state index in [1.165, 1.54) is 22.8 Å². The molecule has 196 valence electrons. The lowest BCUT2D eigenvalue weighted by Crippen LogP contribution is -2.50. The summed E-state index contributed by atoms with van der Waals surface area (Å²) >= 11 is 1.41. The number of ether oxygens (including phenoxy) is 1. The molecule has 1 saturated heterocycles. The van der Waals surface area contributed by atoms with Crippen LogP contribution in [0.5, 0.6) is 0 Å². The zero-order chi connectivity index (χ0) is 26.3. The highest BCUT2D eigenvalue weighted by atomic mass is 32.2. The van der Waals surface area contributed by atoms with Crippen LogP contribution in [0.4, 0.5) is 4.79 Å². The number of amides is 2. The van der Waals surface area contributed by atoms with Crippen molar-refractivity contribution in [3.8, 4) is 0 Å². The Balaban J connectivity index is 1.28. The summed E-state index contributed by atoms with van der Waals surface area (Å²) in [5, 5.41) is 4.54. The van der Waals surface area contributed by atoms with Crippen molar-refractivity contribution in [3.63, 3.8) is 0 Å². The van der Waals surface area contributed by atoms with E-state index in [0.717, 1.165) is 17.0 Å². The van der Waals surface area contributed by atoms with Gasteiger partial charge in [0.25, 0.3) is 15.9 Å². The highest BCUT2D eigenvalue weighted by Crippen LogP contribution is 2.26. The molecule has 1 unspecified atom stereocenters. The van der Waals surface area contributed by atoms with Crippen molar-refractivity contribution in [2.24, 2.45) is 10.7 Å². The average Bonchev–Trinajstić information content (AvgIpc) is 3.52. The molecule has 1 fully saturated rings. The molecule has 3 aromatic rings. The number of hydrogen-bond acceptors (Lipinski definition) is 8. The Kier molecular flexibility index (Phi) is 6.74. The molecule has 1 aromatic carbocycles. The molecule has 37 heavy (non-hydrogen) atoms. The van der Waals surface area contributed by atoms with Crippen molar-refractivity contribution < 1.29 is 22.7 Å². The fraction of sp³-hybridized carbons (Fsp3) is 0.391. The molecule has 12 nitrogen and oxygen atoms in total. The van der Waals surface area contributed by atoms with Crippen LogP contribution in [-0.2, 0) is 27.7 Å². The molecular weight excluding hydrogens is 518 g/mol. The highest BCUT2D eigenvalue weighted by molar-refractivity contribution is 7.89. The van der Waals surface area contributed by atoms with Crippen LogP contribution in [0.2, 0.25) is 0 Å². The third-order valence-corrected chi connectivity index (χ3v) is 9.40. The van der Waals surface area contributed by atoms with Crippen LogP contribution in [0.25, 0.3) is 10.9 Å². The van der Waals surface area contributed by atoms with Crippen LogP contribution in [-0.4, -0.2) is 84.8 Å². The third kappa shape index (κ3) is 4.97. The lowest BCUT2D eigenvalue weighted by Gasteiger charge is -2.33. The molecule has 5 rings (SSSR count). The molecule has 0 spiro atoms. The number of nitrogens with two attached hydrogens (primary N) is 1. The number of aromatic nitrogens is 2. The molecule has 2 amide bonds. The minimum Gasteiger partial charge on any atom is -0.451 e. The smallest absolute Gasteiger partial charge is 0.435 e. The lowest BCUT2D eigenvalue weighted by atomic mass is 10.1. The number of piperazine rings is 1. The summed E-state index contributed by atoms with van der Waals surface area (Å²) in [5.74, 6) is -0.200. The van der Waals surface area contributed by atoms with Crippen LogP contribution in [0.1, 0.15) is 32.9 Å². The number of hydrogen-bond donors (Lipinski definition) is 3. The van der Waals surface area contributed by atoms with Crippen molar-refractivity contribution in [2.75, 3.05) is 33.3 Å². The Hall–Kier alpha value is -3.33. The van der Waals surface area contributed by atoms with Gasteiger partial charge < -0.3 is 25.7 Å². The molecule has 4 heterocycles. The monoisotopic (exact) mass is 545 g/mol. The average molecular weight is 546 g/mol. The fourth-order valence-electron chi connectivity index (χ4n) is 4.41. The zero-order valence-corrected chi connectivity index (χ0v) is 22.0. The Morgan fingerprint density at radius 2 is 1.97 bits per heavy atom. The van der Waals surface area contributed by atoms with Crippen molar-refractivity contribution in [1.82, 2.24) is 24.5 Å². The first-order valence-electron chi connectivity index (χ1n) is 11.7. The van der Waals surface area contributed by atoms with Gasteiger partial charge in [-0.2, -0.15) is 9.30 Å². The van der Waals surface area contributed by atoms with E-state index < -0.39 is 16.1 Å². The van der Waals surface area contributed by atoms with E-state index >= 15 is 0 Å². The minimum absolute atomic E-state index is 0.0390. The van der Waals surface area contributed by atoms with Crippen molar-refractivity contribution in [2.45, 2.75) is 31.0 Å². The maximum atomic E-state index is 13.3. The molecule has 2 aliphatic rings. The molecule has 0 bridgehead atoms. The van der Waals surface area contributed by atoms with E-state index in [-0.39, 0.29) is 42.9 Å². The van der Waals surface area contributed by atoms with Crippen molar-refractivity contribution >= 4 is 50.1 Å². The fourth-order valence-corrected chi connectivity index (χ4v) is 6.86. The van der Waals surface area contributed by atoms with Gasteiger partial charge in [0.15, 0.2) is 5.01 Å². The topological polar surface area (TPSA) is 163 Å². The number of thiazole rings is 1. The second kappa shape index (κ2) is 9.85. The number of rotatable bonds is 4.